The number of nitrogens with zero attached hydrogens (tertiary/aromatic N) is 1. The molecule has 4 aliphatic rings. The van der Waals surface area contributed by atoms with Crippen LogP contribution in [0.4, 0.5) is 0 Å². The van der Waals surface area contributed by atoms with Gasteiger partial charge in [-0.05, 0) is 91.9 Å². The molecule has 4 heterocycles. The van der Waals surface area contributed by atoms with Crippen molar-refractivity contribution in [2.45, 2.75) is 82.9 Å². The van der Waals surface area contributed by atoms with E-state index < -0.39 is 12.0 Å². The van der Waals surface area contributed by atoms with Crippen LogP contribution in [0.15, 0.2) is 66.7 Å². The van der Waals surface area contributed by atoms with Crippen LogP contribution in [0.25, 0.3) is 0 Å². The number of hydrogen-bond acceptors (Lipinski definition) is 7. The summed E-state index contributed by atoms with van der Waals surface area (Å²) in [6.07, 6.45) is 7.40. The molecule has 3 aromatic rings. The van der Waals surface area contributed by atoms with Gasteiger partial charge in [-0.2, -0.15) is 0 Å². The number of hydrogen-bond donors (Lipinski definition) is 0. The van der Waals surface area contributed by atoms with Crippen LogP contribution in [0, 0.1) is 5.92 Å². The Morgan fingerprint density at radius 3 is 2.07 bits per heavy atom. The highest BCUT2D eigenvalue weighted by atomic mass is 16.7. The SMILES string of the molecule is CCCN1CC(Cc2ccc(C3Oc4cc(OC5CCCCO5)ccc4C(=O)C3c3ccc(OC4CCCCO4)cc3)cc2)C1. The predicted octanol–water partition coefficient (Wildman–Crippen LogP) is 7.48. The fourth-order valence-corrected chi connectivity index (χ4v) is 7.12. The summed E-state index contributed by atoms with van der Waals surface area (Å²) in [7, 11) is 0. The minimum absolute atomic E-state index is 0.0422. The third kappa shape index (κ3) is 7.06. The van der Waals surface area contributed by atoms with Gasteiger partial charge in [0.2, 0.25) is 0 Å². The summed E-state index contributed by atoms with van der Waals surface area (Å²) in [5, 5.41) is 0. The fourth-order valence-electron chi connectivity index (χ4n) is 7.12. The number of Topliss-reactive ketones (excluding diaryl/α,β-unsaturated/α-hetero) is 1. The zero-order chi connectivity index (χ0) is 30.6. The first-order chi connectivity index (χ1) is 22.1. The van der Waals surface area contributed by atoms with Gasteiger partial charge in [-0.15, -0.1) is 0 Å². The summed E-state index contributed by atoms with van der Waals surface area (Å²) in [4.78, 5) is 16.8. The van der Waals surface area contributed by atoms with E-state index in [-0.39, 0.29) is 18.4 Å². The average Bonchev–Trinajstić information content (AvgIpc) is 3.05. The van der Waals surface area contributed by atoms with E-state index in [4.69, 9.17) is 23.7 Å². The van der Waals surface area contributed by atoms with Crippen molar-refractivity contribution in [2.75, 3.05) is 32.8 Å². The Kier molecular flexibility index (Phi) is 9.38. The van der Waals surface area contributed by atoms with Crippen LogP contribution in [0.3, 0.4) is 0 Å². The van der Waals surface area contributed by atoms with Crippen LogP contribution in [0.5, 0.6) is 17.2 Å². The van der Waals surface area contributed by atoms with Gasteiger partial charge >= 0.3 is 0 Å². The molecule has 7 heteroatoms. The van der Waals surface area contributed by atoms with Crippen LogP contribution < -0.4 is 14.2 Å². The molecule has 0 aliphatic carbocycles. The molecule has 0 spiro atoms. The summed E-state index contributed by atoms with van der Waals surface area (Å²) >= 11 is 0. The highest BCUT2D eigenvalue weighted by Gasteiger charge is 2.40. The quantitative estimate of drug-likeness (QED) is 0.235. The topological polar surface area (TPSA) is 66.5 Å². The zero-order valence-electron chi connectivity index (χ0n) is 26.3. The fraction of sp³-hybridized carbons (Fsp3) is 0.500. The maximum Gasteiger partial charge on any atom is 0.199 e. The number of carbonyl (C=O) groups excluding carboxylic acids is 1. The standard InChI is InChI=1S/C38H45NO6/c1-2-19-39-24-27(25-39)22-26-9-11-29(12-10-26)38-36(28-13-15-30(16-14-28)43-34-7-3-5-20-41-34)37(40)32-18-17-31(23-33(32)45-38)44-35-8-4-6-21-42-35/h9-18,23,27,34-36,38H,2-8,19-22,24-25H2,1H3. The first-order valence-corrected chi connectivity index (χ1v) is 17.0. The van der Waals surface area contributed by atoms with E-state index in [2.05, 4.69) is 36.1 Å². The van der Waals surface area contributed by atoms with Crippen LogP contribution in [0.1, 0.15) is 90.9 Å². The van der Waals surface area contributed by atoms with E-state index in [0.717, 1.165) is 68.4 Å². The minimum Gasteiger partial charge on any atom is -0.484 e. The highest BCUT2D eigenvalue weighted by Crippen LogP contribution is 2.45. The summed E-state index contributed by atoms with van der Waals surface area (Å²) in [6, 6.07) is 22.1. The van der Waals surface area contributed by atoms with Gasteiger partial charge in [-0.1, -0.05) is 43.3 Å². The molecule has 3 saturated heterocycles. The smallest absolute Gasteiger partial charge is 0.199 e. The Morgan fingerprint density at radius 2 is 1.42 bits per heavy atom. The summed E-state index contributed by atoms with van der Waals surface area (Å²) in [6.45, 7) is 7.22. The molecule has 3 aromatic carbocycles. The number of ether oxygens (including phenoxy) is 5. The molecule has 0 bridgehead atoms. The number of carbonyl (C=O) groups is 1. The summed E-state index contributed by atoms with van der Waals surface area (Å²) in [5.74, 6) is 2.22. The lowest BCUT2D eigenvalue weighted by atomic mass is 9.80. The van der Waals surface area contributed by atoms with Gasteiger partial charge < -0.3 is 28.6 Å². The number of ketones is 1. The van der Waals surface area contributed by atoms with E-state index in [9.17, 15) is 4.79 Å². The largest absolute Gasteiger partial charge is 0.484 e. The highest BCUT2D eigenvalue weighted by molar-refractivity contribution is 6.05. The molecule has 4 atom stereocenters. The number of fused-ring (bicyclic) bond motifs is 1. The Balaban J connectivity index is 1.13. The monoisotopic (exact) mass is 611 g/mol. The predicted molar refractivity (Wildman–Crippen MR) is 172 cm³/mol. The average molecular weight is 612 g/mol. The minimum atomic E-state index is -0.494. The number of likely N-dealkylation sites (tertiary alicyclic amines) is 1. The second-order valence-electron chi connectivity index (χ2n) is 13.0. The van der Waals surface area contributed by atoms with Gasteiger partial charge in [0.1, 0.15) is 23.4 Å². The molecule has 0 amide bonds. The van der Waals surface area contributed by atoms with Gasteiger partial charge in [0.05, 0.1) is 24.7 Å². The molecule has 4 unspecified atom stereocenters. The first-order valence-electron chi connectivity index (χ1n) is 17.0. The Morgan fingerprint density at radius 1 is 0.778 bits per heavy atom. The van der Waals surface area contributed by atoms with Crippen LogP contribution in [-0.2, 0) is 15.9 Å². The van der Waals surface area contributed by atoms with Gasteiger partial charge in [0.25, 0.3) is 0 Å². The molecular formula is C38H45NO6. The molecule has 7 rings (SSSR count). The number of rotatable bonds is 10. The van der Waals surface area contributed by atoms with Crippen molar-refractivity contribution in [3.05, 3.63) is 89.0 Å². The van der Waals surface area contributed by atoms with Gasteiger partial charge in [-0.25, -0.2) is 0 Å². The van der Waals surface area contributed by atoms with E-state index in [1.54, 1.807) is 0 Å². The molecule has 3 fully saturated rings. The normalized spacial score (nSPS) is 25.6. The van der Waals surface area contributed by atoms with Crippen molar-refractivity contribution in [1.29, 1.82) is 0 Å². The van der Waals surface area contributed by atoms with Crippen molar-refractivity contribution in [2.24, 2.45) is 5.92 Å². The second kappa shape index (κ2) is 13.9. The van der Waals surface area contributed by atoms with E-state index in [1.165, 1.54) is 31.6 Å². The van der Waals surface area contributed by atoms with Crippen molar-refractivity contribution < 1.29 is 28.5 Å². The third-order valence-electron chi connectivity index (χ3n) is 9.51. The number of benzene rings is 3. The van der Waals surface area contributed by atoms with Crippen LogP contribution in [0.2, 0.25) is 0 Å². The van der Waals surface area contributed by atoms with E-state index >= 15 is 0 Å². The third-order valence-corrected chi connectivity index (χ3v) is 9.51. The molecule has 0 N–H and O–H groups in total. The molecule has 7 nitrogen and oxygen atoms in total. The lowest BCUT2D eigenvalue weighted by Crippen LogP contribution is -2.47. The summed E-state index contributed by atoms with van der Waals surface area (Å²) in [5.41, 5.74) is 3.79. The van der Waals surface area contributed by atoms with Gasteiger partial charge in [0.15, 0.2) is 18.4 Å². The molecule has 0 radical (unpaired) electrons. The van der Waals surface area contributed by atoms with E-state index in [0.29, 0.717) is 29.6 Å². The first kappa shape index (κ1) is 30.3. The molecular weight excluding hydrogens is 566 g/mol. The van der Waals surface area contributed by atoms with Crippen LogP contribution in [-0.4, -0.2) is 56.1 Å². The van der Waals surface area contributed by atoms with Gasteiger partial charge in [-0.3, -0.25) is 4.79 Å². The molecule has 4 aliphatic heterocycles. The van der Waals surface area contributed by atoms with Crippen molar-refractivity contribution in [3.63, 3.8) is 0 Å². The second-order valence-corrected chi connectivity index (χ2v) is 13.0. The Bertz CT molecular complexity index is 1420. The zero-order valence-corrected chi connectivity index (χ0v) is 26.3. The lowest BCUT2D eigenvalue weighted by molar-refractivity contribution is -0.106. The van der Waals surface area contributed by atoms with Crippen molar-refractivity contribution >= 4 is 5.78 Å². The summed E-state index contributed by atoms with van der Waals surface area (Å²) < 4.78 is 30.5. The molecule has 0 aromatic heterocycles. The van der Waals surface area contributed by atoms with Gasteiger partial charge in [0, 0.05) is 32.0 Å². The van der Waals surface area contributed by atoms with Crippen molar-refractivity contribution in [1.82, 2.24) is 4.90 Å². The Labute approximate surface area is 266 Å². The molecule has 238 valence electrons. The maximum absolute atomic E-state index is 14.2. The maximum atomic E-state index is 14.2. The van der Waals surface area contributed by atoms with Crippen LogP contribution >= 0.6 is 0 Å². The van der Waals surface area contributed by atoms with E-state index in [1.807, 2.05) is 42.5 Å². The molecule has 45 heavy (non-hydrogen) atoms. The lowest BCUT2D eigenvalue weighted by Gasteiger charge is -2.39. The Hall–Kier alpha value is -3.39. The molecule has 0 saturated carbocycles. The van der Waals surface area contributed by atoms with Crippen molar-refractivity contribution in [3.8, 4) is 17.2 Å².